The largest absolute Gasteiger partial charge is 0.481 e. The number of quaternary nitrogens is 1. The van der Waals surface area contributed by atoms with Crippen LogP contribution in [0.25, 0.3) is 0 Å². The van der Waals surface area contributed by atoms with Crippen LogP contribution in [0.5, 0.6) is 0 Å². The monoisotopic (exact) mass is 400 g/mol. The van der Waals surface area contributed by atoms with Gasteiger partial charge < -0.3 is 15.3 Å². The molecule has 0 rings (SSSR count). The first kappa shape index (κ1) is 26.1. The SMILES string of the molecule is CCCCCCC/C=C/[N+](CCCC(=O)O)(CCCC(=O)O)CCCC(=O)O. The molecule has 0 aliphatic rings. The summed E-state index contributed by atoms with van der Waals surface area (Å²) in [6.45, 7) is 3.92. The van der Waals surface area contributed by atoms with E-state index in [1.165, 1.54) is 25.7 Å². The summed E-state index contributed by atoms with van der Waals surface area (Å²) in [6, 6.07) is 0. The molecular weight excluding hydrogens is 362 g/mol. The Labute approximate surface area is 168 Å². The van der Waals surface area contributed by atoms with Crippen molar-refractivity contribution in [2.45, 2.75) is 84.0 Å². The number of carbonyl (C=O) groups is 3. The van der Waals surface area contributed by atoms with Gasteiger partial charge in [-0.1, -0.05) is 32.6 Å². The lowest BCUT2D eigenvalue weighted by Crippen LogP contribution is -2.45. The standard InChI is InChI=1S/C21H37NO6/c1-2-3-4-5-6-7-8-15-22(16-9-12-19(23)24,17-10-13-20(25)26)18-11-14-21(27)28/h8,15H,2-7,9-14,16-18H2,1H3,(H2-,23,24,25,26,27,28)/p+1/b15-8+. The van der Waals surface area contributed by atoms with E-state index in [0.717, 1.165) is 12.8 Å². The Kier molecular flexibility index (Phi) is 15.0. The van der Waals surface area contributed by atoms with Gasteiger partial charge in [-0.15, -0.1) is 0 Å². The summed E-state index contributed by atoms with van der Waals surface area (Å²) in [4.78, 5) is 32.7. The van der Waals surface area contributed by atoms with E-state index in [9.17, 15) is 14.4 Å². The molecule has 3 N–H and O–H groups in total. The Balaban J connectivity index is 4.97. The van der Waals surface area contributed by atoms with Crippen LogP contribution >= 0.6 is 0 Å². The van der Waals surface area contributed by atoms with Crippen molar-refractivity contribution >= 4 is 17.9 Å². The second-order valence-corrected chi connectivity index (χ2v) is 7.47. The number of carboxylic acid groups (broad SMARTS) is 3. The van der Waals surface area contributed by atoms with E-state index in [4.69, 9.17) is 15.3 Å². The van der Waals surface area contributed by atoms with E-state index in [1.807, 2.05) is 0 Å². The predicted octanol–water partition coefficient (Wildman–Crippen LogP) is 4.27. The van der Waals surface area contributed by atoms with Crippen molar-refractivity contribution in [1.29, 1.82) is 0 Å². The van der Waals surface area contributed by atoms with Crippen LogP contribution in [0.3, 0.4) is 0 Å². The Morgan fingerprint density at radius 2 is 1.11 bits per heavy atom. The minimum absolute atomic E-state index is 0.0583. The third-order valence-electron chi connectivity index (χ3n) is 4.88. The van der Waals surface area contributed by atoms with Gasteiger partial charge >= 0.3 is 17.9 Å². The van der Waals surface area contributed by atoms with Gasteiger partial charge in [0.15, 0.2) is 0 Å². The molecule has 0 spiro atoms. The molecule has 0 aromatic carbocycles. The van der Waals surface area contributed by atoms with Gasteiger partial charge in [-0.3, -0.25) is 18.9 Å². The molecule has 0 aliphatic heterocycles. The molecule has 0 aromatic heterocycles. The molecule has 0 fully saturated rings. The van der Waals surface area contributed by atoms with Crippen molar-refractivity contribution in [3.8, 4) is 0 Å². The van der Waals surface area contributed by atoms with Crippen molar-refractivity contribution in [3.05, 3.63) is 12.3 Å². The molecule has 0 saturated heterocycles. The van der Waals surface area contributed by atoms with Gasteiger partial charge in [-0.2, -0.15) is 0 Å². The Morgan fingerprint density at radius 1 is 0.679 bits per heavy atom. The number of allylic oxidation sites excluding steroid dienone is 1. The van der Waals surface area contributed by atoms with Crippen LogP contribution < -0.4 is 0 Å². The maximum absolute atomic E-state index is 10.9. The van der Waals surface area contributed by atoms with Crippen LogP contribution in [0.2, 0.25) is 0 Å². The zero-order valence-electron chi connectivity index (χ0n) is 17.3. The fraction of sp³-hybridized carbons (Fsp3) is 0.762. The average Bonchev–Trinajstić information content (AvgIpc) is 2.60. The Hall–Kier alpha value is -1.89. The first-order chi connectivity index (χ1) is 13.3. The maximum Gasteiger partial charge on any atom is 0.303 e. The molecule has 0 saturated carbocycles. The zero-order valence-corrected chi connectivity index (χ0v) is 17.3. The fourth-order valence-corrected chi connectivity index (χ4v) is 3.36. The number of nitrogens with zero attached hydrogens (tertiary/aromatic N) is 1. The highest BCUT2D eigenvalue weighted by atomic mass is 16.4. The van der Waals surface area contributed by atoms with Gasteiger partial charge in [0.25, 0.3) is 0 Å². The summed E-state index contributed by atoms with van der Waals surface area (Å²) in [6.07, 6.45) is 12.7. The van der Waals surface area contributed by atoms with E-state index in [0.29, 0.717) is 43.4 Å². The number of hydrogen-bond acceptors (Lipinski definition) is 3. The van der Waals surface area contributed by atoms with Gasteiger partial charge in [0, 0.05) is 19.3 Å². The Morgan fingerprint density at radius 3 is 1.50 bits per heavy atom. The highest BCUT2D eigenvalue weighted by molar-refractivity contribution is 5.67. The topological polar surface area (TPSA) is 112 Å². The highest BCUT2D eigenvalue weighted by Crippen LogP contribution is 2.17. The third-order valence-corrected chi connectivity index (χ3v) is 4.88. The summed E-state index contributed by atoms with van der Waals surface area (Å²) in [7, 11) is 0. The fourth-order valence-electron chi connectivity index (χ4n) is 3.36. The normalized spacial score (nSPS) is 11.8. The van der Waals surface area contributed by atoms with Crippen molar-refractivity contribution in [2.24, 2.45) is 0 Å². The third kappa shape index (κ3) is 15.2. The van der Waals surface area contributed by atoms with Crippen LogP contribution in [-0.4, -0.2) is 57.3 Å². The van der Waals surface area contributed by atoms with E-state index in [-0.39, 0.29) is 19.3 Å². The molecular formula is C21H38NO6+. The van der Waals surface area contributed by atoms with E-state index < -0.39 is 17.9 Å². The lowest BCUT2D eigenvalue weighted by atomic mass is 10.1. The van der Waals surface area contributed by atoms with E-state index >= 15 is 0 Å². The number of hydrogen-bond donors (Lipinski definition) is 3. The minimum atomic E-state index is -0.853. The molecule has 0 radical (unpaired) electrons. The molecule has 0 atom stereocenters. The highest BCUT2D eigenvalue weighted by Gasteiger charge is 2.25. The van der Waals surface area contributed by atoms with E-state index in [1.54, 1.807) is 0 Å². The average molecular weight is 401 g/mol. The summed E-state index contributed by atoms with van der Waals surface area (Å²) >= 11 is 0. The molecule has 28 heavy (non-hydrogen) atoms. The second-order valence-electron chi connectivity index (χ2n) is 7.47. The number of rotatable bonds is 19. The molecule has 7 nitrogen and oxygen atoms in total. The summed E-state index contributed by atoms with van der Waals surface area (Å²) in [5, 5.41) is 26.8. The van der Waals surface area contributed by atoms with Crippen molar-refractivity contribution in [1.82, 2.24) is 0 Å². The van der Waals surface area contributed by atoms with Gasteiger partial charge in [0.2, 0.25) is 0 Å². The van der Waals surface area contributed by atoms with Crippen LogP contribution in [-0.2, 0) is 14.4 Å². The van der Waals surface area contributed by atoms with Gasteiger partial charge in [-0.05, 0) is 18.9 Å². The molecule has 0 unspecified atom stereocenters. The summed E-state index contributed by atoms with van der Waals surface area (Å²) in [5.41, 5.74) is 0. The van der Waals surface area contributed by atoms with Crippen molar-refractivity contribution in [3.63, 3.8) is 0 Å². The second kappa shape index (κ2) is 16.1. The number of carboxylic acids is 3. The summed E-state index contributed by atoms with van der Waals surface area (Å²) in [5.74, 6) is -2.56. The van der Waals surface area contributed by atoms with Crippen LogP contribution in [0.15, 0.2) is 12.3 Å². The molecule has 0 aromatic rings. The summed E-state index contributed by atoms with van der Waals surface area (Å²) < 4.78 is 0.461. The molecule has 0 amide bonds. The molecule has 7 heteroatoms. The van der Waals surface area contributed by atoms with E-state index in [2.05, 4.69) is 19.2 Å². The van der Waals surface area contributed by atoms with Crippen LogP contribution in [0.4, 0.5) is 0 Å². The predicted molar refractivity (Wildman–Crippen MR) is 108 cm³/mol. The first-order valence-corrected chi connectivity index (χ1v) is 10.5. The van der Waals surface area contributed by atoms with Gasteiger partial charge in [0.1, 0.15) is 0 Å². The number of unbranched alkanes of at least 4 members (excludes halogenated alkanes) is 5. The van der Waals surface area contributed by atoms with Gasteiger partial charge in [0.05, 0.1) is 45.1 Å². The zero-order chi connectivity index (χ0) is 21.3. The molecule has 162 valence electrons. The molecule has 0 bridgehead atoms. The van der Waals surface area contributed by atoms with Crippen LogP contribution in [0.1, 0.15) is 84.0 Å². The maximum atomic E-state index is 10.9. The van der Waals surface area contributed by atoms with Crippen LogP contribution in [0, 0.1) is 0 Å². The minimum Gasteiger partial charge on any atom is -0.481 e. The molecule has 0 heterocycles. The van der Waals surface area contributed by atoms with Gasteiger partial charge in [-0.25, -0.2) is 0 Å². The molecule has 0 aliphatic carbocycles. The number of aliphatic carboxylic acids is 3. The lowest BCUT2D eigenvalue weighted by molar-refractivity contribution is -0.880. The smallest absolute Gasteiger partial charge is 0.303 e. The van der Waals surface area contributed by atoms with Crippen molar-refractivity contribution < 1.29 is 34.2 Å². The first-order valence-electron chi connectivity index (χ1n) is 10.5. The quantitative estimate of drug-likeness (QED) is 0.220. The van der Waals surface area contributed by atoms with Crippen molar-refractivity contribution in [2.75, 3.05) is 19.6 Å². The lowest BCUT2D eigenvalue weighted by Gasteiger charge is -2.35. The Bertz CT molecular complexity index is 439.